The molecule has 5 rings (SSSR count). The third-order valence-electron chi connectivity index (χ3n) is 5.82. The van der Waals surface area contributed by atoms with Gasteiger partial charge in [0.1, 0.15) is 5.58 Å². The maximum atomic E-state index is 13.4. The van der Waals surface area contributed by atoms with Gasteiger partial charge in [-0.05, 0) is 23.3 Å². The number of nitro groups is 1. The molecule has 8 heteroatoms. The molecule has 0 spiro atoms. The number of nitro benzene ring substituents is 1. The second-order valence-electron chi connectivity index (χ2n) is 7.81. The van der Waals surface area contributed by atoms with Crippen molar-refractivity contribution in [2.45, 2.75) is 12.1 Å². The molecule has 0 saturated heterocycles. The van der Waals surface area contributed by atoms with Gasteiger partial charge in [0.05, 0.1) is 34.6 Å². The van der Waals surface area contributed by atoms with Crippen LogP contribution in [-0.4, -0.2) is 27.4 Å². The monoisotopic (exact) mass is 442 g/mol. The van der Waals surface area contributed by atoms with Gasteiger partial charge < -0.3 is 14.4 Å². The van der Waals surface area contributed by atoms with Gasteiger partial charge in [-0.3, -0.25) is 19.7 Å². The largest absolute Gasteiger partial charge is 0.450 e. The van der Waals surface area contributed by atoms with Gasteiger partial charge in [-0.25, -0.2) is 0 Å². The molecule has 0 aliphatic carbocycles. The van der Waals surface area contributed by atoms with Crippen LogP contribution in [0.5, 0.6) is 0 Å². The summed E-state index contributed by atoms with van der Waals surface area (Å²) in [4.78, 5) is 39.0. The van der Waals surface area contributed by atoms with Crippen molar-refractivity contribution >= 4 is 22.6 Å². The molecule has 1 amide bonds. The van der Waals surface area contributed by atoms with Crippen LogP contribution in [0.4, 0.5) is 5.69 Å². The van der Waals surface area contributed by atoms with Crippen molar-refractivity contribution in [1.82, 2.24) is 4.90 Å². The minimum atomic E-state index is -1.03. The van der Waals surface area contributed by atoms with Gasteiger partial charge in [0.15, 0.2) is 5.43 Å². The van der Waals surface area contributed by atoms with Gasteiger partial charge in [-0.15, -0.1) is 0 Å². The van der Waals surface area contributed by atoms with Crippen molar-refractivity contribution in [1.29, 1.82) is 0 Å². The summed E-state index contributed by atoms with van der Waals surface area (Å²) in [5, 5.41) is 22.5. The summed E-state index contributed by atoms with van der Waals surface area (Å²) in [5.74, 6) is -0.671. The highest BCUT2D eigenvalue weighted by Gasteiger charge is 2.43. The minimum Gasteiger partial charge on any atom is -0.450 e. The molecule has 0 saturated carbocycles. The van der Waals surface area contributed by atoms with Crippen LogP contribution >= 0.6 is 0 Å². The Bertz CT molecular complexity index is 1450. The molecular weight excluding hydrogens is 424 g/mol. The first-order chi connectivity index (χ1) is 16.0. The molecule has 0 radical (unpaired) electrons. The quantitative estimate of drug-likeness (QED) is 0.369. The van der Waals surface area contributed by atoms with E-state index >= 15 is 0 Å². The highest BCUT2D eigenvalue weighted by molar-refractivity contribution is 5.99. The number of para-hydroxylation sites is 1. The van der Waals surface area contributed by atoms with Gasteiger partial charge in [0, 0.05) is 12.1 Å². The number of hydrogen-bond acceptors (Lipinski definition) is 6. The Balaban J connectivity index is 1.69. The summed E-state index contributed by atoms with van der Waals surface area (Å²) in [6.07, 6.45) is -1.03. The summed E-state index contributed by atoms with van der Waals surface area (Å²) in [6, 6.07) is 20.3. The Hall–Kier alpha value is -4.30. The van der Waals surface area contributed by atoms with E-state index in [0.29, 0.717) is 16.5 Å². The number of β-amino-alcohol motifs (C(OH)–C–C–N with tert-alkyl or cyclic N) is 1. The second-order valence-corrected chi connectivity index (χ2v) is 7.81. The number of carbonyl (C=O) groups excluding carboxylic acids is 1. The molecule has 2 heterocycles. The first-order valence-electron chi connectivity index (χ1n) is 10.3. The molecule has 2 unspecified atom stereocenters. The van der Waals surface area contributed by atoms with E-state index in [4.69, 9.17) is 4.42 Å². The molecule has 33 heavy (non-hydrogen) atoms. The third kappa shape index (κ3) is 3.46. The van der Waals surface area contributed by atoms with Crippen molar-refractivity contribution in [2.24, 2.45) is 0 Å². The molecule has 1 aliphatic heterocycles. The van der Waals surface area contributed by atoms with E-state index in [1.165, 1.54) is 23.1 Å². The fraction of sp³-hybridized carbons (Fsp3) is 0.120. The predicted molar refractivity (Wildman–Crippen MR) is 120 cm³/mol. The highest BCUT2D eigenvalue weighted by Crippen LogP contribution is 2.40. The number of nitrogens with zero attached hydrogens (tertiary/aromatic N) is 2. The van der Waals surface area contributed by atoms with E-state index in [0.717, 1.165) is 0 Å². The Labute approximate surface area is 187 Å². The number of benzene rings is 3. The fourth-order valence-electron chi connectivity index (χ4n) is 4.28. The van der Waals surface area contributed by atoms with Gasteiger partial charge in [0.25, 0.3) is 11.6 Å². The van der Waals surface area contributed by atoms with Crippen LogP contribution in [0.15, 0.2) is 88.1 Å². The molecule has 8 nitrogen and oxygen atoms in total. The van der Waals surface area contributed by atoms with Crippen molar-refractivity contribution in [3.63, 3.8) is 0 Å². The minimum absolute atomic E-state index is 0.111. The first kappa shape index (κ1) is 20.6. The number of non-ortho nitro benzene ring substituents is 1. The molecule has 1 aliphatic rings. The standard InChI is InChI=1S/C25H18N2O6/c28-19(15-7-2-1-3-8-15)14-26-22(16-9-6-10-17(13-16)27(31)32)21-23(29)18-11-4-5-12-20(18)33-24(21)25(26)30/h1-13,19,22,28H,14H2. The van der Waals surface area contributed by atoms with Gasteiger partial charge in [-0.1, -0.05) is 54.6 Å². The number of hydrogen-bond donors (Lipinski definition) is 1. The Morgan fingerprint density at radius 3 is 2.48 bits per heavy atom. The van der Waals surface area contributed by atoms with E-state index in [-0.39, 0.29) is 34.6 Å². The number of fused-ring (bicyclic) bond motifs is 2. The SMILES string of the molecule is O=C1c2oc3ccccc3c(=O)c2C(c2cccc([N+](=O)[O-])c2)N1CC(O)c1ccccc1. The lowest BCUT2D eigenvalue weighted by atomic mass is 9.97. The average molecular weight is 442 g/mol. The summed E-state index contributed by atoms with van der Waals surface area (Å²) in [5.41, 5.74) is 0.829. The van der Waals surface area contributed by atoms with E-state index in [1.54, 1.807) is 54.6 Å². The lowest BCUT2D eigenvalue weighted by molar-refractivity contribution is -0.384. The van der Waals surface area contributed by atoms with Gasteiger partial charge >= 0.3 is 0 Å². The third-order valence-corrected chi connectivity index (χ3v) is 5.82. The van der Waals surface area contributed by atoms with Crippen LogP contribution in [0.25, 0.3) is 11.0 Å². The van der Waals surface area contributed by atoms with Crippen LogP contribution in [0.2, 0.25) is 0 Å². The van der Waals surface area contributed by atoms with E-state index in [2.05, 4.69) is 0 Å². The number of aliphatic hydroxyl groups is 1. The van der Waals surface area contributed by atoms with Crippen LogP contribution < -0.4 is 5.43 Å². The van der Waals surface area contributed by atoms with E-state index in [1.807, 2.05) is 6.07 Å². The molecule has 0 fully saturated rings. The van der Waals surface area contributed by atoms with Gasteiger partial charge in [-0.2, -0.15) is 0 Å². The normalized spacial score (nSPS) is 16.1. The van der Waals surface area contributed by atoms with Crippen LogP contribution in [0.3, 0.4) is 0 Å². The lowest BCUT2D eigenvalue weighted by Gasteiger charge is -2.27. The molecular formula is C25H18N2O6. The smallest absolute Gasteiger partial charge is 0.291 e. The number of carbonyl (C=O) groups is 1. The number of amides is 1. The summed E-state index contributed by atoms with van der Waals surface area (Å²) in [6.45, 7) is -0.129. The average Bonchev–Trinajstić information content (AvgIpc) is 3.11. The zero-order valence-corrected chi connectivity index (χ0v) is 17.3. The van der Waals surface area contributed by atoms with Crippen LogP contribution in [0, 0.1) is 10.1 Å². The topological polar surface area (TPSA) is 114 Å². The molecule has 164 valence electrons. The zero-order chi connectivity index (χ0) is 23.1. The maximum Gasteiger partial charge on any atom is 0.291 e. The summed E-state index contributed by atoms with van der Waals surface area (Å²) in [7, 11) is 0. The lowest BCUT2D eigenvalue weighted by Crippen LogP contribution is -2.33. The van der Waals surface area contributed by atoms with E-state index < -0.39 is 23.0 Å². The predicted octanol–water partition coefficient (Wildman–Crippen LogP) is 3.98. The number of aliphatic hydroxyl groups excluding tert-OH is 1. The van der Waals surface area contributed by atoms with Crippen molar-refractivity contribution < 1.29 is 19.2 Å². The zero-order valence-electron chi connectivity index (χ0n) is 17.3. The fourth-order valence-corrected chi connectivity index (χ4v) is 4.28. The number of rotatable bonds is 5. The summed E-state index contributed by atoms with van der Waals surface area (Å²) < 4.78 is 5.84. The maximum absolute atomic E-state index is 13.4. The molecule has 2 atom stereocenters. The molecule has 1 N–H and O–H groups in total. The van der Waals surface area contributed by atoms with Crippen molar-refractivity contribution in [3.8, 4) is 0 Å². The van der Waals surface area contributed by atoms with Crippen LogP contribution in [-0.2, 0) is 0 Å². The Kier molecular flexibility index (Phi) is 4.99. The molecule has 3 aromatic carbocycles. The summed E-state index contributed by atoms with van der Waals surface area (Å²) >= 11 is 0. The molecule has 0 bridgehead atoms. The van der Waals surface area contributed by atoms with Gasteiger partial charge in [0.2, 0.25) is 5.76 Å². The second kappa shape index (κ2) is 7.99. The Morgan fingerprint density at radius 2 is 1.73 bits per heavy atom. The Morgan fingerprint density at radius 1 is 1.00 bits per heavy atom. The van der Waals surface area contributed by atoms with Crippen molar-refractivity contribution in [2.75, 3.05) is 6.54 Å². The highest BCUT2D eigenvalue weighted by atomic mass is 16.6. The van der Waals surface area contributed by atoms with E-state index in [9.17, 15) is 24.8 Å². The molecule has 4 aromatic rings. The molecule has 1 aromatic heterocycles. The van der Waals surface area contributed by atoms with Crippen molar-refractivity contribution in [3.05, 3.63) is 122 Å². The van der Waals surface area contributed by atoms with Crippen LogP contribution in [0.1, 0.15) is 39.4 Å². The first-order valence-corrected chi connectivity index (χ1v) is 10.3.